The smallest absolute Gasteiger partial charge is 0.167 e. The molecule has 0 amide bonds. The molecule has 0 saturated heterocycles. The zero-order valence-electron chi connectivity index (χ0n) is 11.0. The zero-order chi connectivity index (χ0) is 13.8. The summed E-state index contributed by atoms with van der Waals surface area (Å²) in [6.07, 6.45) is 3.68. The molecule has 5 heteroatoms. The molecule has 3 nitrogen and oxygen atoms in total. The van der Waals surface area contributed by atoms with Gasteiger partial charge in [0.1, 0.15) is 11.0 Å². The molecule has 100 valence electrons. The van der Waals surface area contributed by atoms with E-state index in [9.17, 15) is 8.60 Å². The van der Waals surface area contributed by atoms with Gasteiger partial charge in [-0.2, -0.15) is 0 Å². The van der Waals surface area contributed by atoms with Gasteiger partial charge in [-0.1, -0.05) is 12.2 Å². The number of hydrogen-bond donors (Lipinski definition) is 1. The lowest BCUT2D eigenvalue weighted by Crippen LogP contribution is -2.28. The molecule has 18 heavy (non-hydrogen) atoms. The van der Waals surface area contributed by atoms with E-state index >= 15 is 0 Å². The lowest BCUT2D eigenvalue weighted by Gasteiger charge is -2.20. The summed E-state index contributed by atoms with van der Waals surface area (Å²) in [6.45, 7) is 5.55. The largest absolute Gasteiger partial charge is 0.494 e. The van der Waals surface area contributed by atoms with E-state index in [0.717, 1.165) is 0 Å². The number of halogens is 1. The van der Waals surface area contributed by atoms with Crippen LogP contribution in [0.3, 0.4) is 0 Å². The Balaban J connectivity index is 2.86. The monoisotopic (exact) mass is 271 g/mol. The summed E-state index contributed by atoms with van der Waals surface area (Å²) in [4.78, 5) is 0. The normalized spacial score (nSPS) is 13.6. The SMILES string of the molecule is CC=CC(C)(C)S(=O)Nc1ccc(OC)c(F)c1. The van der Waals surface area contributed by atoms with Crippen molar-refractivity contribution >= 4 is 16.7 Å². The third kappa shape index (κ3) is 3.57. The summed E-state index contributed by atoms with van der Waals surface area (Å²) in [6, 6.07) is 4.39. The van der Waals surface area contributed by atoms with Crippen LogP contribution < -0.4 is 9.46 Å². The summed E-state index contributed by atoms with van der Waals surface area (Å²) in [7, 11) is 0.0593. The molecule has 1 aromatic rings. The molecule has 0 aliphatic heterocycles. The van der Waals surface area contributed by atoms with Crippen LogP contribution in [0.1, 0.15) is 20.8 Å². The Labute approximate surface area is 110 Å². The minimum absolute atomic E-state index is 0.166. The molecule has 1 rings (SSSR count). The third-order valence-electron chi connectivity index (χ3n) is 2.41. The van der Waals surface area contributed by atoms with Gasteiger partial charge >= 0.3 is 0 Å². The topological polar surface area (TPSA) is 38.3 Å². The van der Waals surface area contributed by atoms with Gasteiger partial charge in [-0.25, -0.2) is 8.60 Å². The highest BCUT2D eigenvalue weighted by Crippen LogP contribution is 2.23. The van der Waals surface area contributed by atoms with Crippen molar-refractivity contribution in [3.8, 4) is 5.75 Å². The molecule has 1 N–H and O–H groups in total. The molecule has 0 fully saturated rings. The fraction of sp³-hybridized carbons (Fsp3) is 0.385. The van der Waals surface area contributed by atoms with Gasteiger partial charge in [0, 0.05) is 11.8 Å². The maximum Gasteiger partial charge on any atom is 0.167 e. The maximum atomic E-state index is 13.5. The van der Waals surface area contributed by atoms with Gasteiger partial charge in [-0.15, -0.1) is 0 Å². The Morgan fingerprint density at radius 3 is 2.61 bits per heavy atom. The first-order chi connectivity index (χ1) is 8.40. The lowest BCUT2D eigenvalue weighted by molar-refractivity contribution is 0.387. The van der Waals surface area contributed by atoms with Crippen LogP contribution in [0, 0.1) is 5.82 Å². The van der Waals surface area contributed by atoms with Crippen molar-refractivity contribution in [3.63, 3.8) is 0 Å². The van der Waals surface area contributed by atoms with Crippen molar-refractivity contribution in [3.05, 3.63) is 36.2 Å². The highest BCUT2D eigenvalue weighted by molar-refractivity contribution is 7.87. The van der Waals surface area contributed by atoms with Crippen LogP contribution in [0.4, 0.5) is 10.1 Å². The van der Waals surface area contributed by atoms with Crippen LogP contribution in [0.25, 0.3) is 0 Å². The molecule has 0 aliphatic rings. The van der Waals surface area contributed by atoms with E-state index < -0.39 is 21.5 Å². The van der Waals surface area contributed by atoms with E-state index in [-0.39, 0.29) is 5.75 Å². The van der Waals surface area contributed by atoms with Crippen molar-refractivity contribution in [1.29, 1.82) is 0 Å². The minimum Gasteiger partial charge on any atom is -0.494 e. The van der Waals surface area contributed by atoms with E-state index in [2.05, 4.69) is 4.72 Å². The molecule has 1 aromatic carbocycles. The number of anilines is 1. The predicted octanol–water partition coefficient (Wildman–Crippen LogP) is 3.26. The second kappa shape index (κ2) is 6.00. The lowest BCUT2D eigenvalue weighted by atomic mass is 10.2. The average molecular weight is 271 g/mol. The predicted molar refractivity (Wildman–Crippen MR) is 73.6 cm³/mol. The van der Waals surface area contributed by atoms with Crippen molar-refractivity contribution in [2.75, 3.05) is 11.8 Å². The minimum atomic E-state index is -1.34. The van der Waals surface area contributed by atoms with Crippen LogP contribution in [0.2, 0.25) is 0 Å². The zero-order valence-corrected chi connectivity index (χ0v) is 11.8. The fourth-order valence-corrected chi connectivity index (χ4v) is 2.30. The van der Waals surface area contributed by atoms with E-state index in [0.29, 0.717) is 5.69 Å². The Bertz CT molecular complexity index is 472. The molecular weight excluding hydrogens is 253 g/mol. The van der Waals surface area contributed by atoms with E-state index in [1.807, 2.05) is 32.9 Å². The molecule has 0 spiro atoms. The van der Waals surface area contributed by atoms with Gasteiger partial charge < -0.3 is 9.46 Å². The second-order valence-corrected chi connectivity index (χ2v) is 6.12. The van der Waals surface area contributed by atoms with Crippen LogP contribution in [0.15, 0.2) is 30.4 Å². The van der Waals surface area contributed by atoms with Gasteiger partial charge in [0.05, 0.1) is 11.9 Å². The van der Waals surface area contributed by atoms with Crippen molar-refractivity contribution in [1.82, 2.24) is 0 Å². The molecule has 0 saturated carbocycles. The number of rotatable bonds is 5. The standard InChI is InChI=1S/C13H18FNO2S/c1-5-8-13(2,3)18(16)15-10-6-7-12(17-4)11(14)9-10/h5-9,15H,1-4H3. The maximum absolute atomic E-state index is 13.5. The van der Waals surface area contributed by atoms with Gasteiger partial charge in [-0.05, 0) is 32.9 Å². The molecular formula is C13H18FNO2S. The Hall–Kier alpha value is -1.36. The number of methoxy groups -OCH3 is 1. The number of nitrogens with one attached hydrogen (secondary N) is 1. The summed E-state index contributed by atoms with van der Waals surface area (Å²) < 4.78 is 32.6. The van der Waals surface area contributed by atoms with Crippen molar-refractivity contribution in [2.45, 2.75) is 25.5 Å². The molecule has 0 bridgehead atoms. The van der Waals surface area contributed by atoms with Crippen LogP contribution in [-0.2, 0) is 11.0 Å². The first kappa shape index (κ1) is 14.7. The summed E-state index contributed by atoms with van der Waals surface area (Å²) in [5, 5.41) is 0. The average Bonchev–Trinajstić information content (AvgIpc) is 2.29. The second-order valence-electron chi connectivity index (χ2n) is 4.32. The highest BCUT2D eigenvalue weighted by atomic mass is 32.2. The first-order valence-electron chi connectivity index (χ1n) is 5.56. The Kier molecular flexibility index (Phi) is 4.90. The van der Waals surface area contributed by atoms with E-state index in [1.165, 1.54) is 19.2 Å². The van der Waals surface area contributed by atoms with Crippen LogP contribution in [0.5, 0.6) is 5.75 Å². The molecule has 0 radical (unpaired) electrons. The molecule has 1 unspecified atom stereocenters. The van der Waals surface area contributed by atoms with Gasteiger partial charge in [0.2, 0.25) is 0 Å². The number of hydrogen-bond acceptors (Lipinski definition) is 2. The number of benzene rings is 1. The highest BCUT2D eigenvalue weighted by Gasteiger charge is 2.22. The van der Waals surface area contributed by atoms with Gasteiger partial charge in [-0.3, -0.25) is 0 Å². The number of ether oxygens (including phenoxy) is 1. The summed E-state index contributed by atoms with van der Waals surface area (Å²) in [5.74, 6) is -0.317. The summed E-state index contributed by atoms with van der Waals surface area (Å²) in [5.41, 5.74) is 0.462. The van der Waals surface area contributed by atoms with Crippen molar-refractivity contribution in [2.24, 2.45) is 0 Å². The number of allylic oxidation sites excluding steroid dienone is 1. The summed E-state index contributed by atoms with van der Waals surface area (Å²) >= 11 is 0. The molecule has 1 atom stereocenters. The third-order valence-corrected chi connectivity index (χ3v) is 3.92. The molecule has 0 heterocycles. The van der Waals surface area contributed by atoms with E-state index in [4.69, 9.17) is 4.74 Å². The molecule has 0 aliphatic carbocycles. The first-order valence-corrected chi connectivity index (χ1v) is 6.71. The van der Waals surface area contributed by atoms with Crippen LogP contribution in [-0.4, -0.2) is 16.1 Å². The Morgan fingerprint density at radius 1 is 1.44 bits per heavy atom. The Morgan fingerprint density at radius 2 is 2.11 bits per heavy atom. The van der Waals surface area contributed by atoms with Gasteiger partial charge in [0.15, 0.2) is 11.6 Å². The molecule has 0 aromatic heterocycles. The van der Waals surface area contributed by atoms with E-state index in [1.54, 1.807) is 6.07 Å². The quantitative estimate of drug-likeness (QED) is 0.835. The fourth-order valence-electron chi connectivity index (χ4n) is 1.43. The van der Waals surface area contributed by atoms with Gasteiger partial charge in [0.25, 0.3) is 0 Å². The van der Waals surface area contributed by atoms with Crippen LogP contribution >= 0.6 is 0 Å². The van der Waals surface area contributed by atoms with Crippen molar-refractivity contribution < 1.29 is 13.3 Å².